The average molecular weight is 327 g/mol. The van der Waals surface area contributed by atoms with Crippen LogP contribution >= 0.6 is 0 Å². The number of benzene rings is 1. The van der Waals surface area contributed by atoms with Gasteiger partial charge in [0.25, 0.3) is 0 Å². The zero-order chi connectivity index (χ0) is 17.0. The van der Waals surface area contributed by atoms with Crippen molar-refractivity contribution in [2.75, 3.05) is 14.2 Å². The van der Waals surface area contributed by atoms with Gasteiger partial charge in [0.2, 0.25) is 0 Å². The molecule has 2 rings (SSSR count). The Morgan fingerprint density at radius 3 is 2.65 bits per heavy atom. The van der Waals surface area contributed by atoms with E-state index in [2.05, 4.69) is 4.98 Å². The molecule has 0 amide bonds. The molecule has 2 aromatic rings. The lowest BCUT2D eigenvalue weighted by atomic mass is 10.1. The second-order valence-electron chi connectivity index (χ2n) is 5.57. The Kier molecular flexibility index (Phi) is 5.30. The summed E-state index contributed by atoms with van der Waals surface area (Å²) in [6, 6.07) is 5.86. The number of ether oxygens (including phenoxy) is 1. The fraction of sp³-hybridized carbons (Fsp3) is 0.438. The molecular formula is C16H20F3N3O. The van der Waals surface area contributed by atoms with E-state index in [1.165, 1.54) is 12.4 Å². The molecule has 0 saturated heterocycles. The molecule has 7 heteroatoms. The van der Waals surface area contributed by atoms with E-state index in [0.717, 1.165) is 21.4 Å². The normalized spacial score (nSPS) is 12.0. The molecule has 0 atom stereocenters. The number of halogens is 3. The first kappa shape index (κ1) is 17.3. The standard InChI is InChI=1S/C16H20F3N3O/c1-12-4-5-14(23-3)13(8-12)9-21(2)10-15-20-6-7-22(15)11-16(17,18)19/h4-8H,9-11H2,1-3H3. The minimum absolute atomic E-state index is 0.320. The monoisotopic (exact) mass is 327 g/mol. The third kappa shape index (κ3) is 4.99. The van der Waals surface area contributed by atoms with Crippen LogP contribution < -0.4 is 4.74 Å². The molecule has 0 radical (unpaired) electrons. The van der Waals surface area contributed by atoms with Crippen molar-refractivity contribution in [1.82, 2.24) is 14.5 Å². The molecule has 0 saturated carbocycles. The van der Waals surface area contributed by atoms with E-state index in [1.54, 1.807) is 7.11 Å². The van der Waals surface area contributed by atoms with Crippen molar-refractivity contribution in [3.8, 4) is 5.75 Å². The molecule has 1 heterocycles. The van der Waals surface area contributed by atoms with E-state index in [0.29, 0.717) is 18.9 Å². The number of rotatable bonds is 6. The summed E-state index contributed by atoms with van der Waals surface area (Å²) in [5.74, 6) is 1.15. The summed E-state index contributed by atoms with van der Waals surface area (Å²) < 4.78 is 44.1. The van der Waals surface area contributed by atoms with Crippen LogP contribution in [0.5, 0.6) is 5.75 Å². The fourth-order valence-electron chi connectivity index (χ4n) is 2.45. The van der Waals surface area contributed by atoms with Gasteiger partial charge in [-0.1, -0.05) is 17.7 Å². The predicted octanol–water partition coefficient (Wildman–Crippen LogP) is 3.39. The number of hydrogen-bond donors (Lipinski definition) is 0. The van der Waals surface area contributed by atoms with Crippen molar-refractivity contribution in [1.29, 1.82) is 0 Å². The summed E-state index contributed by atoms with van der Waals surface area (Å²) in [6.45, 7) is 1.84. The van der Waals surface area contributed by atoms with Crippen LogP contribution in [0.15, 0.2) is 30.6 Å². The molecule has 0 aliphatic heterocycles. The maximum atomic E-state index is 12.5. The smallest absolute Gasteiger partial charge is 0.406 e. The highest BCUT2D eigenvalue weighted by Gasteiger charge is 2.28. The fourth-order valence-corrected chi connectivity index (χ4v) is 2.45. The zero-order valence-corrected chi connectivity index (χ0v) is 13.4. The van der Waals surface area contributed by atoms with Crippen molar-refractivity contribution >= 4 is 0 Å². The Labute approximate surface area is 133 Å². The first-order chi connectivity index (χ1) is 10.8. The van der Waals surface area contributed by atoms with E-state index >= 15 is 0 Å². The number of hydrogen-bond acceptors (Lipinski definition) is 3. The van der Waals surface area contributed by atoms with Gasteiger partial charge in [-0.3, -0.25) is 4.90 Å². The van der Waals surface area contributed by atoms with Gasteiger partial charge >= 0.3 is 6.18 Å². The molecule has 4 nitrogen and oxygen atoms in total. The van der Waals surface area contributed by atoms with E-state index in [1.807, 2.05) is 37.1 Å². The number of methoxy groups -OCH3 is 1. The SMILES string of the molecule is COc1ccc(C)cc1CN(C)Cc1nccn1CC(F)(F)F. The third-order valence-electron chi connectivity index (χ3n) is 3.44. The molecule has 126 valence electrons. The molecular weight excluding hydrogens is 307 g/mol. The molecule has 23 heavy (non-hydrogen) atoms. The first-order valence-electron chi connectivity index (χ1n) is 7.17. The van der Waals surface area contributed by atoms with Crippen LogP contribution in [0.2, 0.25) is 0 Å². The zero-order valence-electron chi connectivity index (χ0n) is 13.4. The number of imidazole rings is 1. The summed E-state index contributed by atoms with van der Waals surface area (Å²) in [5.41, 5.74) is 2.09. The lowest BCUT2D eigenvalue weighted by Gasteiger charge is -2.19. The molecule has 1 aromatic carbocycles. The number of aromatic nitrogens is 2. The van der Waals surface area contributed by atoms with Crippen molar-refractivity contribution in [2.45, 2.75) is 32.7 Å². The number of alkyl halides is 3. The van der Waals surface area contributed by atoms with Crippen molar-refractivity contribution in [3.63, 3.8) is 0 Å². The van der Waals surface area contributed by atoms with Crippen molar-refractivity contribution in [3.05, 3.63) is 47.5 Å². The Bertz CT molecular complexity index is 652. The number of nitrogens with zero attached hydrogens (tertiary/aromatic N) is 3. The second kappa shape index (κ2) is 7.04. The van der Waals surface area contributed by atoms with Gasteiger partial charge in [-0.25, -0.2) is 4.98 Å². The maximum Gasteiger partial charge on any atom is 0.406 e. The van der Waals surface area contributed by atoms with E-state index < -0.39 is 12.7 Å². The predicted molar refractivity (Wildman–Crippen MR) is 81.2 cm³/mol. The molecule has 0 aliphatic rings. The largest absolute Gasteiger partial charge is 0.496 e. The topological polar surface area (TPSA) is 30.3 Å². The van der Waals surface area contributed by atoms with Gasteiger partial charge in [0.1, 0.15) is 18.1 Å². The van der Waals surface area contributed by atoms with Crippen LogP contribution in [0.4, 0.5) is 13.2 Å². The van der Waals surface area contributed by atoms with Gasteiger partial charge in [-0.15, -0.1) is 0 Å². The summed E-state index contributed by atoms with van der Waals surface area (Å²) in [4.78, 5) is 5.94. The van der Waals surface area contributed by atoms with Crippen molar-refractivity contribution < 1.29 is 17.9 Å². The van der Waals surface area contributed by atoms with Gasteiger partial charge in [0.15, 0.2) is 0 Å². The molecule has 0 spiro atoms. The minimum Gasteiger partial charge on any atom is -0.496 e. The molecule has 0 fully saturated rings. The van der Waals surface area contributed by atoms with Gasteiger partial charge < -0.3 is 9.30 Å². The summed E-state index contributed by atoms with van der Waals surface area (Å²) in [6.07, 6.45) is -1.51. The van der Waals surface area contributed by atoms with E-state index in [9.17, 15) is 13.2 Å². The lowest BCUT2D eigenvalue weighted by molar-refractivity contribution is -0.141. The summed E-state index contributed by atoms with van der Waals surface area (Å²) in [5, 5.41) is 0. The van der Waals surface area contributed by atoms with E-state index in [4.69, 9.17) is 4.74 Å². The first-order valence-corrected chi connectivity index (χ1v) is 7.17. The highest BCUT2D eigenvalue weighted by molar-refractivity contribution is 5.36. The molecule has 1 aromatic heterocycles. The van der Waals surface area contributed by atoms with Crippen LogP contribution in [0.1, 0.15) is 17.0 Å². The quantitative estimate of drug-likeness (QED) is 0.815. The lowest BCUT2D eigenvalue weighted by Crippen LogP contribution is -2.24. The Balaban J connectivity index is 2.07. The van der Waals surface area contributed by atoms with Crippen LogP contribution in [0.3, 0.4) is 0 Å². The van der Waals surface area contributed by atoms with Gasteiger partial charge in [0, 0.05) is 24.5 Å². The third-order valence-corrected chi connectivity index (χ3v) is 3.44. The average Bonchev–Trinajstić information content (AvgIpc) is 2.84. The molecule has 0 unspecified atom stereocenters. The maximum absolute atomic E-state index is 12.5. The Morgan fingerprint density at radius 1 is 1.26 bits per heavy atom. The Morgan fingerprint density at radius 2 is 2.00 bits per heavy atom. The number of aryl methyl sites for hydroxylation is 1. The van der Waals surface area contributed by atoms with Crippen LogP contribution in [-0.2, 0) is 19.6 Å². The minimum atomic E-state index is -4.26. The molecule has 0 N–H and O–H groups in total. The van der Waals surface area contributed by atoms with Crippen molar-refractivity contribution in [2.24, 2.45) is 0 Å². The molecule has 0 aliphatic carbocycles. The van der Waals surface area contributed by atoms with E-state index in [-0.39, 0.29) is 0 Å². The molecule has 0 bridgehead atoms. The van der Waals surface area contributed by atoms with Crippen LogP contribution in [-0.4, -0.2) is 34.8 Å². The second-order valence-corrected chi connectivity index (χ2v) is 5.57. The van der Waals surface area contributed by atoms with Crippen LogP contribution in [0, 0.1) is 6.92 Å². The van der Waals surface area contributed by atoms with Gasteiger partial charge in [-0.05, 0) is 20.0 Å². The highest BCUT2D eigenvalue weighted by atomic mass is 19.4. The van der Waals surface area contributed by atoms with Crippen LogP contribution in [0.25, 0.3) is 0 Å². The van der Waals surface area contributed by atoms with Gasteiger partial charge in [0.05, 0.1) is 13.7 Å². The van der Waals surface area contributed by atoms with Gasteiger partial charge in [-0.2, -0.15) is 13.2 Å². The highest BCUT2D eigenvalue weighted by Crippen LogP contribution is 2.22. The summed E-state index contributed by atoms with van der Waals surface area (Å²) >= 11 is 0. The Hall–Kier alpha value is -2.02. The summed E-state index contributed by atoms with van der Waals surface area (Å²) in [7, 11) is 3.44.